The molecule has 5 rings (SSSR count). The molecule has 0 spiro atoms. The Morgan fingerprint density at radius 3 is 2.32 bits per heavy atom. The van der Waals surface area contributed by atoms with E-state index in [1.54, 1.807) is 22.8 Å². The van der Waals surface area contributed by atoms with Crippen molar-refractivity contribution in [3.63, 3.8) is 0 Å². The van der Waals surface area contributed by atoms with Crippen LogP contribution in [-0.4, -0.2) is 73.0 Å². The molecule has 0 radical (unpaired) electrons. The maximum Gasteiger partial charge on any atom is 0.236 e. The first-order valence-corrected chi connectivity index (χ1v) is 14.3. The van der Waals surface area contributed by atoms with Gasteiger partial charge < -0.3 is 9.64 Å². The molecule has 0 aliphatic carbocycles. The van der Waals surface area contributed by atoms with E-state index < -0.39 is 10.0 Å². The number of benzene rings is 2. The van der Waals surface area contributed by atoms with Crippen LogP contribution in [0.3, 0.4) is 0 Å². The van der Waals surface area contributed by atoms with Gasteiger partial charge in [0.1, 0.15) is 11.9 Å². The number of aromatic nitrogens is 2. The van der Waals surface area contributed by atoms with Crippen LogP contribution < -0.4 is 9.64 Å². The molecule has 3 heterocycles. The minimum atomic E-state index is -3.44. The van der Waals surface area contributed by atoms with Gasteiger partial charge in [0.05, 0.1) is 0 Å². The number of anilines is 1. The zero-order valence-corrected chi connectivity index (χ0v) is 21.7. The summed E-state index contributed by atoms with van der Waals surface area (Å²) in [5.74, 6) is 1.64. The summed E-state index contributed by atoms with van der Waals surface area (Å²) in [4.78, 5) is 13.4. The van der Waals surface area contributed by atoms with Gasteiger partial charge in [0.15, 0.2) is 0 Å². The van der Waals surface area contributed by atoms with Gasteiger partial charge in [0.25, 0.3) is 0 Å². The van der Waals surface area contributed by atoms with Crippen molar-refractivity contribution in [3.05, 3.63) is 89.6 Å². The Hall–Kier alpha value is -3.27. The normalized spacial score (nSPS) is 18.3. The van der Waals surface area contributed by atoms with Gasteiger partial charge in [-0.15, -0.1) is 0 Å². The van der Waals surface area contributed by atoms with Crippen LogP contribution in [0, 0.1) is 0 Å². The molecule has 194 valence electrons. The van der Waals surface area contributed by atoms with Crippen molar-refractivity contribution in [2.24, 2.45) is 0 Å². The van der Waals surface area contributed by atoms with E-state index in [2.05, 4.69) is 31.9 Å². The summed E-state index contributed by atoms with van der Waals surface area (Å²) in [6, 6.07) is 19.6. The molecule has 0 saturated carbocycles. The molecular weight excluding hydrogens is 486 g/mol. The Morgan fingerprint density at radius 1 is 0.865 bits per heavy atom. The summed E-state index contributed by atoms with van der Waals surface area (Å²) in [6.45, 7) is 5.50. The van der Waals surface area contributed by atoms with Crippen molar-refractivity contribution < 1.29 is 13.2 Å². The molecule has 9 heteroatoms. The van der Waals surface area contributed by atoms with E-state index in [1.807, 2.05) is 48.5 Å². The highest BCUT2D eigenvalue weighted by Gasteiger charge is 2.27. The van der Waals surface area contributed by atoms with Gasteiger partial charge in [-0.3, -0.25) is 4.90 Å². The Bertz CT molecular complexity index is 1270. The van der Waals surface area contributed by atoms with E-state index in [0.717, 1.165) is 50.0 Å². The van der Waals surface area contributed by atoms with Crippen LogP contribution in [0.15, 0.2) is 78.5 Å². The summed E-state index contributed by atoms with van der Waals surface area (Å²) in [7, 11) is -3.44. The van der Waals surface area contributed by atoms with Crippen LogP contribution in [0.25, 0.3) is 6.08 Å². The standard InChI is InChI=1S/C28H33N5O3S/c34-37(35,21-12-24-6-2-1-3-7-24)33-15-10-26(11-16-33)36-27-9-4-8-25(22-27)23-31-17-19-32(20-18-31)28-29-13-5-14-30-28/h1-9,12-14,21-22,26H,10-11,15-20,23H2/b21-12+. The van der Waals surface area contributed by atoms with Crippen LogP contribution in [-0.2, 0) is 16.6 Å². The minimum absolute atomic E-state index is 0.00854. The van der Waals surface area contributed by atoms with Gasteiger partial charge in [0, 0.05) is 63.6 Å². The maximum absolute atomic E-state index is 12.7. The Labute approximate surface area is 219 Å². The van der Waals surface area contributed by atoms with E-state index >= 15 is 0 Å². The Kier molecular flexibility index (Phi) is 8.13. The zero-order valence-electron chi connectivity index (χ0n) is 20.9. The van der Waals surface area contributed by atoms with Gasteiger partial charge in [0.2, 0.25) is 16.0 Å². The second-order valence-corrected chi connectivity index (χ2v) is 11.3. The fraction of sp³-hybridized carbons (Fsp3) is 0.357. The van der Waals surface area contributed by atoms with Crippen LogP contribution in [0.4, 0.5) is 5.95 Å². The lowest BCUT2D eigenvalue weighted by Crippen LogP contribution is -2.46. The minimum Gasteiger partial charge on any atom is -0.490 e. The highest BCUT2D eigenvalue weighted by atomic mass is 32.2. The average Bonchev–Trinajstić information content (AvgIpc) is 2.94. The fourth-order valence-corrected chi connectivity index (χ4v) is 5.97. The first-order valence-electron chi connectivity index (χ1n) is 12.8. The second kappa shape index (κ2) is 11.9. The molecule has 37 heavy (non-hydrogen) atoms. The predicted molar refractivity (Wildman–Crippen MR) is 146 cm³/mol. The summed E-state index contributed by atoms with van der Waals surface area (Å²) in [5, 5.41) is 1.31. The number of piperidine rings is 1. The molecular formula is C28H33N5O3S. The van der Waals surface area contributed by atoms with Crippen LogP contribution in [0.1, 0.15) is 24.0 Å². The summed E-state index contributed by atoms with van der Waals surface area (Å²) >= 11 is 0. The topological polar surface area (TPSA) is 78.9 Å². The van der Waals surface area contributed by atoms with Crippen molar-refractivity contribution in [3.8, 4) is 5.75 Å². The Balaban J connectivity index is 1.09. The van der Waals surface area contributed by atoms with Gasteiger partial charge in [-0.05, 0) is 48.2 Å². The molecule has 2 saturated heterocycles. The molecule has 0 atom stereocenters. The molecule has 1 aromatic heterocycles. The maximum atomic E-state index is 12.7. The summed E-state index contributed by atoms with van der Waals surface area (Å²) in [5.41, 5.74) is 2.09. The lowest BCUT2D eigenvalue weighted by atomic mass is 10.1. The molecule has 8 nitrogen and oxygen atoms in total. The van der Waals surface area contributed by atoms with Crippen LogP contribution >= 0.6 is 0 Å². The number of ether oxygens (including phenoxy) is 1. The second-order valence-electron chi connectivity index (χ2n) is 9.43. The lowest BCUT2D eigenvalue weighted by Gasteiger charge is -2.34. The van der Waals surface area contributed by atoms with E-state index in [-0.39, 0.29) is 6.10 Å². The number of hydrogen-bond donors (Lipinski definition) is 0. The quantitative estimate of drug-likeness (QED) is 0.450. The monoisotopic (exact) mass is 519 g/mol. The van der Waals surface area contributed by atoms with Crippen molar-refractivity contribution in [2.75, 3.05) is 44.2 Å². The number of nitrogens with zero attached hydrogens (tertiary/aromatic N) is 5. The average molecular weight is 520 g/mol. The van der Waals surface area contributed by atoms with Gasteiger partial charge in [-0.25, -0.2) is 18.4 Å². The van der Waals surface area contributed by atoms with Gasteiger partial charge >= 0.3 is 0 Å². The fourth-order valence-electron chi connectivity index (χ4n) is 4.75. The van der Waals surface area contributed by atoms with E-state index in [1.165, 1.54) is 11.0 Å². The smallest absolute Gasteiger partial charge is 0.236 e. The molecule has 2 aliphatic rings. The number of sulfonamides is 1. The van der Waals surface area contributed by atoms with E-state index in [4.69, 9.17) is 4.74 Å². The zero-order chi connectivity index (χ0) is 25.5. The van der Waals surface area contributed by atoms with E-state index in [9.17, 15) is 8.42 Å². The number of piperazine rings is 1. The summed E-state index contributed by atoms with van der Waals surface area (Å²) < 4.78 is 33.3. The largest absolute Gasteiger partial charge is 0.490 e. The van der Waals surface area contributed by atoms with Crippen molar-refractivity contribution >= 4 is 22.0 Å². The van der Waals surface area contributed by atoms with Gasteiger partial charge in [-0.2, -0.15) is 4.31 Å². The van der Waals surface area contributed by atoms with Crippen molar-refractivity contribution in [2.45, 2.75) is 25.5 Å². The third-order valence-corrected chi connectivity index (χ3v) is 8.37. The third-order valence-electron chi connectivity index (χ3n) is 6.81. The summed E-state index contributed by atoms with van der Waals surface area (Å²) in [6.07, 6.45) is 6.57. The first-order chi connectivity index (χ1) is 18.0. The predicted octanol–water partition coefficient (Wildman–Crippen LogP) is 3.64. The van der Waals surface area contributed by atoms with Crippen LogP contribution in [0.5, 0.6) is 5.75 Å². The molecule has 0 N–H and O–H groups in total. The number of hydrogen-bond acceptors (Lipinski definition) is 7. The highest BCUT2D eigenvalue weighted by Crippen LogP contribution is 2.23. The number of rotatable bonds is 8. The van der Waals surface area contributed by atoms with Gasteiger partial charge in [-0.1, -0.05) is 42.5 Å². The molecule has 2 fully saturated rings. The molecule has 2 aromatic carbocycles. The van der Waals surface area contributed by atoms with E-state index in [0.29, 0.717) is 25.9 Å². The molecule has 0 bridgehead atoms. The molecule has 3 aromatic rings. The first kappa shape index (κ1) is 25.4. The van der Waals surface area contributed by atoms with Crippen molar-refractivity contribution in [1.29, 1.82) is 0 Å². The lowest BCUT2D eigenvalue weighted by molar-refractivity contribution is 0.135. The third kappa shape index (κ3) is 6.94. The molecule has 0 unspecified atom stereocenters. The molecule has 0 amide bonds. The van der Waals surface area contributed by atoms with Crippen LogP contribution in [0.2, 0.25) is 0 Å². The Morgan fingerprint density at radius 2 is 1.59 bits per heavy atom. The molecule has 2 aliphatic heterocycles. The SMILES string of the molecule is O=S(=O)(/C=C/c1ccccc1)N1CCC(Oc2cccc(CN3CCN(c4ncccn4)CC3)c2)CC1. The highest BCUT2D eigenvalue weighted by molar-refractivity contribution is 7.92. The van der Waals surface area contributed by atoms with Crippen molar-refractivity contribution in [1.82, 2.24) is 19.2 Å².